The number of hydrogen-bond acceptors (Lipinski definition) is 3. The molecule has 2 N–H and O–H groups in total. The minimum absolute atomic E-state index is 0.663. The molecule has 0 bridgehead atoms. The van der Waals surface area contributed by atoms with E-state index in [4.69, 9.17) is 22.3 Å². The molecule has 0 fully saturated rings. The zero-order chi connectivity index (χ0) is 17.3. The Kier molecular flexibility index (Phi) is 4.78. The zero-order valence-corrected chi connectivity index (χ0v) is 15.1. The molecule has 0 amide bonds. The second-order valence-electron chi connectivity index (χ2n) is 6.11. The summed E-state index contributed by atoms with van der Waals surface area (Å²) in [5.41, 5.74) is 11.0. The molecule has 3 aromatic rings. The zero-order valence-electron chi connectivity index (χ0n) is 14.4. The van der Waals surface area contributed by atoms with E-state index in [9.17, 15) is 0 Å². The first-order valence-electron chi connectivity index (χ1n) is 8.22. The topological polar surface area (TPSA) is 47.1 Å². The van der Waals surface area contributed by atoms with Crippen LogP contribution in [0.4, 0.5) is 5.69 Å². The molecule has 0 aliphatic rings. The molecule has 0 aliphatic heterocycles. The predicted molar refractivity (Wildman–Crippen MR) is 103 cm³/mol. The van der Waals surface area contributed by atoms with Gasteiger partial charge in [0.1, 0.15) is 5.82 Å². The van der Waals surface area contributed by atoms with Crippen molar-refractivity contribution in [3.8, 4) is 5.69 Å². The number of fused-ring (bicyclic) bond motifs is 1. The average Bonchev–Trinajstić information content (AvgIpc) is 2.92. The standard InChI is InChI=1S/C19H23ClN4/c1-4-19-22-16-12-17(23(2)3)15(20)11-18(16)24(19)14-7-5-13(6-8-14)9-10-21/h5-8,11-12H,4,9-10,21H2,1-3H3. The van der Waals surface area contributed by atoms with Crippen LogP contribution < -0.4 is 10.6 Å². The molecule has 0 unspecified atom stereocenters. The van der Waals surface area contributed by atoms with E-state index in [1.807, 2.05) is 25.1 Å². The van der Waals surface area contributed by atoms with Crippen molar-refractivity contribution in [2.45, 2.75) is 19.8 Å². The number of imidazole rings is 1. The number of nitrogens with zero attached hydrogens (tertiary/aromatic N) is 3. The van der Waals surface area contributed by atoms with Gasteiger partial charge in [0.05, 0.1) is 21.7 Å². The van der Waals surface area contributed by atoms with E-state index >= 15 is 0 Å². The third-order valence-corrected chi connectivity index (χ3v) is 4.52. The minimum atomic E-state index is 0.663. The highest BCUT2D eigenvalue weighted by molar-refractivity contribution is 6.34. The summed E-state index contributed by atoms with van der Waals surface area (Å²) in [5.74, 6) is 1.03. The quantitative estimate of drug-likeness (QED) is 0.767. The summed E-state index contributed by atoms with van der Waals surface area (Å²) in [6, 6.07) is 12.6. The fraction of sp³-hybridized carbons (Fsp3) is 0.316. The van der Waals surface area contributed by atoms with Crippen LogP contribution in [0.1, 0.15) is 18.3 Å². The maximum atomic E-state index is 6.48. The van der Waals surface area contributed by atoms with Crippen LogP contribution in [-0.2, 0) is 12.8 Å². The molecule has 0 radical (unpaired) electrons. The highest BCUT2D eigenvalue weighted by atomic mass is 35.5. The van der Waals surface area contributed by atoms with Crippen LogP contribution in [0.2, 0.25) is 5.02 Å². The molecule has 1 heterocycles. The first-order valence-corrected chi connectivity index (χ1v) is 8.60. The molecule has 4 nitrogen and oxygen atoms in total. The summed E-state index contributed by atoms with van der Waals surface area (Å²) < 4.78 is 2.19. The Morgan fingerprint density at radius 2 is 1.88 bits per heavy atom. The number of hydrogen-bond donors (Lipinski definition) is 1. The van der Waals surface area contributed by atoms with Gasteiger partial charge in [-0.1, -0.05) is 30.7 Å². The van der Waals surface area contributed by atoms with E-state index in [2.05, 4.69) is 41.8 Å². The third-order valence-electron chi connectivity index (χ3n) is 4.22. The van der Waals surface area contributed by atoms with Crippen LogP contribution in [0, 0.1) is 0 Å². The van der Waals surface area contributed by atoms with Gasteiger partial charge < -0.3 is 10.6 Å². The van der Waals surface area contributed by atoms with E-state index in [0.717, 1.165) is 46.1 Å². The normalized spacial score (nSPS) is 11.2. The van der Waals surface area contributed by atoms with Crippen LogP contribution in [-0.4, -0.2) is 30.2 Å². The first-order chi connectivity index (χ1) is 11.5. The van der Waals surface area contributed by atoms with Crippen LogP contribution in [0.25, 0.3) is 16.7 Å². The number of aromatic nitrogens is 2. The molecule has 0 atom stereocenters. The van der Waals surface area contributed by atoms with Gasteiger partial charge in [-0.25, -0.2) is 4.98 Å². The minimum Gasteiger partial charge on any atom is -0.376 e. The van der Waals surface area contributed by atoms with Crippen molar-refractivity contribution >= 4 is 28.3 Å². The van der Waals surface area contributed by atoms with Gasteiger partial charge in [-0.15, -0.1) is 0 Å². The Hall–Kier alpha value is -2.04. The van der Waals surface area contributed by atoms with Crippen molar-refractivity contribution in [3.63, 3.8) is 0 Å². The predicted octanol–water partition coefficient (Wildman–Crippen LogP) is 3.81. The summed E-state index contributed by atoms with van der Waals surface area (Å²) in [4.78, 5) is 6.82. The van der Waals surface area contributed by atoms with Gasteiger partial charge in [-0.3, -0.25) is 4.57 Å². The molecule has 3 rings (SSSR count). The van der Waals surface area contributed by atoms with Crippen LogP contribution in [0.3, 0.4) is 0 Å². The van der Waals surface area contributed by atoms with Gasteiger partial charge in [0, 0.05) is 26.2 Å². The molecule has 1 aromatic heterocycles. The van der Waals surface area contributed by atoms with E-state index in [0.29, 0.717) is 6.54 Å². The van der Waals surface area contributed by atoms with Crippen molar-refractivity contribution in [2.24, 2.45) is 5.73 Å². The summed E-state index contributed by atoms with van der Waals surface area (Å²) in [6.07, 6.45) is 1.75. The largest absolute Gasteiger partial charge is 0.376 e. The second kappa shape index (κ2) is 6.83. The van der Waals surface area contributed by atoms with Gasteiger partial charge in [0.25, 0.3) is 0 Å². The number of benzene rings is 2. The van der Waals surface area contributed by atoms with Crippen molar-refractivity contribution < 1.29 is 0 Å². The van der Waals surface area contributed by atoms with E-state index in [1.54, 1.807) is 0 Å². The number of rotatable bonds is 5. The number of halogens is 1. The fourth-order valence-corrected chi connectivity index (χ4v) is 3.31. The number of anilines is 1. The Morgan fingerprint density at radius 1 is 1.17 bits per heavy atom. The lowest BCUT2D eigenvalue weighted by Gasteiger charge is -2.15. The molecular weight excluding hydrogens is 320 g/mol. The molecule has 0 aliphatic carbocycles. The fourth-order valence-electron chi connectivity index (χ4n) is 2.98. The maximum absolute atomic E-state index is 6.48. The highest BCUT2D eigenvalue weighted by Gasteiger charge is 2.14. The van der Waals surface area contributed by atoms with E-state index in [-0.39, 0.29) is 0 Å². The molecule has 5 heteroatoms. The van der Waals surface area contributed by atoms with Crippen LogP contribution >= 0.6 is 11.6 Å². The summed E-state index contributed by atoms with van der Waals surface area (Å²) in [5, 5.41) is 0.732. The van der Waals surface area contributed by atoms with Gasteiger partial charge >= 0.3 is 0 Å². The maximum Gasteiger partial charge on any atom is 0.114 e. The molecule has 0 saturated heterocycles. The smallest absolute Gasteiger partial charge is 0.114 e. The summed E-state index contributed by atoms with van der Waals surface area (Å²) in [7, 11) is 3.97. The SMILES string of the molecule is CCc1nc2cc(N(C)C)c(Cl)cc2n1-c1ccc(CCN)cc1. The van der Waals surface area contributed by atoms with Crippen LogP contribution in [0.15, 0.2) is 36.4 Å². The van der Waals surface area contributed by atoms with Crippen molar-refractivity contribution in [1.29, 1.82) is 0 Å². The Bertz CT molecular complexity index is 850. The molecule has 0 spiro atoms. The average molecular weight is 343 g/mol. The Balaban J connectivity index is 2.17. The third kappa shape index (κ3) is 2.99. The van der Waals surface area contributed by atoms with Gasteiger partial charge in [0.2, 0.25) is 0 Å². The van der Waals surface area contributed by atoms with Gasteiger partial charge in [0.15, 0.2) is 0 Å². The second-order valence-corrected chi connectivity index (χ2v) is 6.52. The lowest BCUT2D eigenvalue weighted by Crippen LogP contribution is -2.09. The van der Waals surface area contributed by atoms with Gasteiger partial charge in [-0.05, 0) is 42.8 Å². The first kappa shape index (κ1) is 16.8. The number of aryl methyl sites for hydroxylation is 1. The molecular formula is C19H23ClN4. The Labute approximate surface area is 147 Å². The Morgan fingerprint density at radius 3 is 2.46 bits per heavy atom. The molecule has 126 valence electrons. The number of nitrogens with two attached hydrogens (primary N) is 1. The molecule has 24 heavy (non-hydrogen) atoms. The van der Waals surface area contributed by atoms with Crippen LogP contribution in [0.5, 0.6) is 0 Å². The van der Waals surface area contributed by atoms with Crippen molar-refractivity contribution in [2.75, 3.05) is 25.5 Å². The van der Waals surface area contributed by atoms with Gasteiger partial charge in [-0.2, -0.15) is 0 Å². The van der Waals surface area contributed by atoms with Crippen molar-refractivity contribution in [1.82, 2.24) is 9.55 Å². The van der Waals surface area contributed by atoms with E-state index in [1.165, 1.54) is 5.56 Å². The highest BCUT2D eigenvalue weighted by Crippen LogP contribution is 2.32. The summed E-state index contributed by atoms with van der Waals surface area (Å²) >= 11 is 6.48. The molecule has 0 saturated carbocycles. The van der Waals surface area contributed by atoms with Crippen molar-refractivity contribution in [3.05, 3.63) is 52.8 Å². The lowest BCUT2D eigenvalue weighted by atomic mass is 10.1. The molecule has 2 aromatic carbocycles. The summed E-state index contributed by atoms with van der Waals surface area (Å²) in [6.45, 7) is 2.78. The monoisotopic (exact) mass is 342 g/mol. The van der Waals surface area contributed by atoms with E-state index < -0.39 is 0 Å². The lowest BCUT2D eigenvalue weighted by molar-refractivity contribution is 0.905.